The Bertz CT molecular complexity index is 6900. The largest absolute Gasteiger partial charge is 0.292 e. The molecule has 0 bridgehead atoms. The summed E-state index contributed by atoms with van der Waals surface area (Å²) in [5, 5.41) is 23.6. The van der Waals surface area contributed by atoms with Crippen molar-refractivity contribution in [2.24, 2.45) is 0 Å². The van der Waals surface area contributed by atoms with E-state index >= 15 is 0 Å². The molecule has 0 radical (unpaired) electrons. The molecular weight excluding hydrogens is 1190 g/mol. The van der Waals surface area contributed by atoms with Crippen LogP contribution in [0, 0.1) is 0 Å². The van der Waals surface area contributed by atoms with Gasteiger partial charge >= 0.3 is 0 Å². The van der Waals surface area contributed by atoms with Crippen LogP contribution in [0.2, 0.25) is 0 Å². The Kier molecular flexibility index (Phi) is 11.3. The molecule has 95 heavy (non-hydrogen) atoms. The Morgan fingerprint density at radius 3 is 1.19 bits per heavy atom. The lowest BCUT2D eigenvalue weighted by atomic mass is 9.83. The first-order valence-electron chi connectivity index (χ1n) is 32.6. The zero-order valence-electron chi connectivity index (χ0n) is 51.2. The number of hydrogen-bond donors (Lipinski definition) is 0. The SMILES string of the molecule is c1ccc(-c2c3ccccc3c(-c3cccc(-c4ccc5c(c4)sc4cc6ccccc6cc45)c3)c3cc(-c4ccc5c(-c6ccc7c(c6)c6ccccc6c6nc8ccccc8n76)c6ccccc6c(-c6ccc7c(c6)sc6cc8ccccc8cc67)c5c4)ccc23)cc1. The van der Waals surface area contributed by atoms with E-state index in [9.17, 15) is 0 Å². The van der Waals surface area contributed by atoms with Crippen LogP contribution in [0.1, 0.15) is 0 Å². The number of fused-ring (bicyclic) bond motifs is 20. The van der Waals surface area contributed by atoms with E-state index in [1.54, 1.807) is 0 Å². The average Bonchev–Trinajstić information content (AvgIpc) is 1.08. The van der Waals surface area contributed by atoms with Gasteiger partial charge in [0.25, 0.3) is 0 Å². The Morgan fingerprint density at radius 2 is 0.579 bits per heavy atom. The third-order valence-electron chi connectivity index (χ3n) is 20.4. The molecule has 0 saturated carbocycles. The summed E-state index contributed by atoms with van der Waals surface area (Å²) in [5.41, 5.74) is 18.7. The molecule has 0 aliphatic carbocycles. The Hall–Kier alpha value is -11.8. The second kappa shape index (κ2) is 20.4. The predicted octanol–water partition coefficient (Wildman–Crippen LogP) is 26.5. The number of para-hydroxylation sites is 2. The van der Waals surface area contributed by atoms with E-state index in [0.717, 1.165) is 38.7 Å². The zero-order chi connectivity index (χ0) is 62.0. The highest BCUT2D eigenvalue weighted by Crippen LogP contribution is 2.51. The van der Waals surface area contributed by atoms with Gasteiger partial charge in [-0.3, -0.25) is 4.40 Å². The molecule has 0 N–H and O–H groups in total. The van der Waals surface area contributed by atoms with Crippen LogP contribution in [0.25, 0.3) is 210 Å². The summed E-state index contributed by atoms with van der Waals surface area (Å²) in [6, 6.07) is 119. The van der Waals surface area contributed by atoms with Gasteiger partial charge in [0.15, 0.2) is 0 Å². The number of aromatic nitrogens is 2. The van der Waals surface area contributed by atoms with E-state index in [4.69, 9.17) is 4.98 Å². The molecule has 2 nitrogen and oxygen atoms in total. The van der Waals surface area contributed by atoms with Crippen molar-refractivity contribution >= 4 is 166 Å². The van der Waals surface area contributed by atoms with E-state index in [1.807, 2.05) is 22.7 Å². The number of benzene rings is 17. The second-order valence-electron chi connectivity index (χ2n) is 25.6. The molecule has 0 spiro atoms. The normalized spacial score (nSPS) is 12.2. The van der Waals surface area contributed by atoms with Gasteiger partial charge in [-0.25, -0.2) is 4.98 Å². The van der Waals surface area contributed by atoms with Gasteiger partial charge in [-0.2, -0.15) is 0 Å². The van der Waals surface area contributed by atoms with E-state index in [2.05, 4.69) is 320 Å². The fraction of sp³-hybridized carbons (Fsp3) is 0. The maximum atomic E-state index is 5.24. The molecule has 438 valence electrons. The summed E-state index contributed by atoms with van der Waals surface area (Å²) in [4.78, 5) is 5.24. The van der Waals surface area contributed by atoms with Crippen molar-refractivity contribution in [1.29, 1.82) is 0 Å². The Labute approximate surface area is 553 Å². The van der Waals surface area contributed by atoms with E-state index in [-0.39, 0.29) is 0 Å². The lowest BCUT2D eigenvalue weighted by Gasteiger charge is -2.20. The van der Waals surface area contributed by atoms with E-state index < -0.39 is 0 Å². The molecule has 21 aromatic rings. The minimum atomic E-state index is 0.979. The highest BCUT2D eigenvalue weighted by Gasteiger charge is 2.24. The van der Waals surface area contributed by atoms with E-state index in [0.29, 0.717) is 0 Å². The van der Waals surface area contributed by atoms with Crippen LogP contribution in [-0.4, -0.2) is 9.38 Å². The van der Waals surface area contributed by atoms with Crippen LogP contribution < -0.4 is 0 Å². The number of hydrogen-bond acceptors (Lipinski definition) is 3. The minimum absolute atomic E-state index is 0.979. The lowest BCUT2D eigenvalue weighted by molar-refractivity contribution is 1.31. The maximum absolute atomic E-state index is 5.24. The zero-order valence-corrected chi connectivity index (χ0v) is 52.9. The Morgan fingerprint density at radius 1 is 0.200 bits per heavy atom. The molecule has 0 unspecified atom stereocenters. The van der Waals surface area contributed by atoms with Crippen LogP contribution >= 0.6 is 22.7 Å². The summed E-state index contributed by atoms with van der Waals surface area (Å²) in [6.07, 6.45) is 0. The topological polar surface area (TPSA) is 17.3 Å². The molecule has 0 atom stereocenters. The maximum Gasteiger partial charge on any atom is 0.146 e. The number of imidazole rings is 1. The molecule has 21 rings (SSSR count). The first-order chi connectivity index (χ1) is 47.1. The van der Waals surface area contributed by atoms with Gasteiger partial charge in [0.05, 0.1) is 16.6 Å². The smallest absolute Gasteiger partial charge is 0.146 e. The monoisotopic (exact) mass is 1240 g/mol. The van der Waals surface area contributed by atoms with Crippen LogP contribution in [-0.2, 0) is 0 Å². The van der Waals surface area contributed by atoms with Gasteiger partial charge in [-0.05, 0) is 216 Å². The highest BCUT2D eigenvalue weighted by atomic mass is 32.1. The standard InChI is InChI=1S/C91H52N2S2/c1-2-17-53(18-3-1)87-68-26-9-11-28-70(68)89(62-24-16-23-54(43-62)61-33-38-66-76-44-55-19-4-6-21-57(55)49-85(76)94-83(66)51-61)78-46-59(34-40-72(78)87)60-35-41-73-79(47-60)90(64-36-39-67-77-45-56-20-5-7-22-58(56)50-86(77)95-84(67)52-64)71-29-12-10-27-69(71)88(73)63-37-42-81-75(48-63)65-25-8-13-30-74(65)91-92-80-31-14-15-32-82(80)93(81)91/h1-52H. The molecule has 4 aromatic heterocycles. The minimum Gasteiger partial charge on any atom is -0.292 e. The van der Waals surface area contributed by atoms with Gasteiger partial charge in [-0.15, -0.1) is 22.7 Å². The summed E-state index contributed by atoms with van der Waals surface area (Å²) in [7, 11) is 0. The summed E-state index contributed by atoms with van der Waals surface area (Å²) >= 11 is 3.78. The Balaban J connectivity index is 0.803. The molecule has 17 aromatic carbocycles. The summed E-state index contributed by atoms with van der Waals surface area (Å²) in [6.45, 7) is 0. The van der Waals surface area contributed by atoms with Crippen molar-refractivity contribution in [3.05, 3.63) is 315 Å². The van der Waals surface area contributed by atoms with Crippen LogP contribution in [0.3, 0.4) is 0 Å². The van der Waals surface area contributed by atoms with Gasteiger partial charge in [0, 0.05) is 51.1 Å². The van der Waals surface area contributed by atoms with Gasteiger partial charge in [-0.1, -0.05) is 237 Å². The fourth-order valence-corrected chi connectivity index (χ4v) is 18.5. The first-order valence-corrected chi connectivity index (χ1v) is 34.3. The number of rotatable bonds is 6. The first kappa shape index (κ1) is 52.8. The van der Waals surface area contributed by atoms with Crippen molar-refractivity contribution in [2.75, 3.05) is 0 Å². The molecule has 4 heteroatoms. The van der Waals surface area contributed by atoms with Crippen molar-refractivity contribution in [1.82, 2.24) is 9.38 Å². The quantitative estimate of drug-likeness (QED) is 0.120. The van der Waals surface area contributed by atoms with E-state index in [1.165, 1.54) is 171 Å². The van der Waals surface area contributed by atoms with Crippen molar-refractivity contribution < 1.29 is 0 Å². The average molecular weight is 1240 g/mol. The van der Waals surface area contributed by atoms with Gasteiger partial charge in [0.2, 0.25) is 0 Å². The lowest BCUT2D eigenvalue weighted by Crippen LogP contribution is -1.94. The molecule has 0 saturated heterocycles. The van der Waals surface area contributed by atoms with Gasteiger partial charge < -0.3 is 0 Å². The van der Waals surface area contributed by atoms with Crippen molar-refractivity contribution in [2.45, 2.75) is 0 Å². The molecule has 0 aliphatic rings. The highest BCUT2D eigenvalue weighted by molar-refractivity contribution is 7.26. The third kappa shape index (κ3) is 7.99. The van der Waals surface area contributed by atoms with Gasteiger partial charge in [0.1, 0.15) is 5.65 Å². The second-order valence-corrected chi connectivity index (χ2v) is 27.8. The molecule has 4 heterocycles. The number of thiophene rings is 2. The molecule has 0 fully saturated rings. The summed E-state index contributed by atoms with van der Waals surface area (Å²) in [5.74, 6) is 0. The molecule has 0 aliphatic heterocycles. The molecule has 0 amide bonds. The van der Waals surface area contributed by atoms with Crippen LogP contribution in [0.5, 0.6) is 0 Å². The van der Waals surface area contributed by atoms with Crippen molar-refractivity contribution in [3.8, 4) is 66.8 Å². The molecular formula is C91H52N2S2. The van der Waals surface area contributed by atoms with Crippen molar-refractivity contribution in [3.63, 3.8) is 0 Å². The predicted molar refractivity (Wildman–Crippen MR) is 411 cm³/mol. The fourth-order valence-electron chi connectivity index (χ4n) is 16.1. The third-order valence-corrected chi connectivity index (χ3v) is 22.7. The van der Waals surface area contributed by atoms with Crippen LogP contribution in [0.4, 0.5) is 0 Å². The number of pyridine rings is 1. The number of nitrogens with zero attached hydrogens (tertiary/aromatic N) is 2. The summed E-state index contributed by atoms with van der Waals surface area (Å²) < 4.78 is 7.57. The van der Waals surface area contributed by atoms with Crippen LogP contribution in [0.15, 0.2) is 315 Å².